The van der Waals surface area contributed by atoms with Crippen molar-refractivity contribution < 1.29 is 9.84 Å². The number of aliphatic hydroxyl groups excluding tert-OH is 1. The van der Waals surface area contributed by atoms with Gasteiger partial charge in [0, 0.05) is 25.1 Å². The van der Waals surface area contributed by atoms with Crippen molar-refractivity contribution in [1.29, 1.82) is 0 Å². The molecule has 2 heterocycles. The minimum Gasteiger partial charge on any atom is -0.391 e. The molecule has 0 amide bonds. The van der Waals surface area contributed by atoms with Crippen LogP contribution in [-0.4, -0.2) is 48.5 Å². The second kappa shape index (κ2) is 5.89. The maximum absolute atomic E-state index is 10.4. The third-order valence-corrected chi connectivity index (χ3v) is 5.29. The van der Waals surface area contributed by atoms with Crippen LogP contribution in [-0.2, 0) is 4.74 Å². The van der Waals surface area contributed by atoms with Gasteiger partial charge in [-0.15, -0.1) is 0 Å². The molecular formula is C15H27NO2. The largest absolute Gasteiger partial charge is 0.391 e. The molecule has 0 spiro atoms. The molecule has 3 fully saturated rings. The number of hydrogen-bond donors (Lipinski definition) is 1. The Morgan fingerprint density at radius 2 is 1.94 bits per heavy atom. The summed E-state index contributed by atoms with van der Waals surface area (Å²) in [5.41, 5.74) is 0. The van der Waals surface area contributed by atoms with Gasteiger partial charge in [-0.1, -0.05) is 12.8 Å². The van der Waals surface area contributed by atoms with Crippen LogP contribution >= 0.6 is 0 Å². The van der Waals surface area contributed by atoms with Crippen molar-refractivity contribution in [3.63, 3.8) is 0 Å². The molecule has 104 valence electrons. The van der Waals surface area contributed by atoms with Crippen LogP contribution in [0.2, 0.25) is 0 Å². The third kappa shape index (κ3) is 2.73. The van der Waals surface area contributed by atoms with Gasteiger partial charge >= 0.3 is 0 Å². The first-order chi connectivity index (χ1) is 8.84. The van der Waals surface area contributed by atoms with E-state index < -0.39 is 0 Å². The molecule has 0 bridgehead atoms. The second-order valence-corrected chi connectivity index (χ2v) is 6.44. The Kier molecular flexibility index (Phi) is 4.22. The van der Waals surface area contributed by atoms with E-state index in [-0.39, 0.29) is 6.10 Å². The van der Waals surface area contributed by atoms with E-state index in [9.17, 15) is 5.11 Å². The lowest BCUT2D eigenvalue weighted by atomic mass is 9.78. The fourth-order valence-corrected chi connectivity index (χ4v) is 4.20. The topological polar surface area (TPSA) is 32.7 Å². The molecule has 0 aromatic carbocycles. The fraction of sp³-hybridized carbons (Fsp3) is 1.00. The first-order valence-electron chi connectivity index (χ1n) is 7.84. The highest BCUT2D eigenvalue weighted by atomic mass is 16.5. The van der Waals surface area contributed by atoms with Crippen molar-refractivity contribution >= 4 is 0 Å². The maximum Gasteiger partial charge on any atom is 0.0718 e. The van der Waals surface area contributed by atoms with Crippen LogP contribution in [0.1, 0.15) is 44.9 Å². The van der Waals surface area contributed by atoms with Gasteiger partial charge < -0.3 is 9.84 Å². The van der Waals surface area contributed by atoms with Crippen molar-refractivity contribution in [2.45, 2.75) is 57.1 Å². The summed E-state index contributed by atoms with van der Waals surface area (Å²) in [6.45, 7) is 3.69. The zero-order chi connectivity index (χ0) is 12.4. The predicted octanol–water partition coefficient (Wildman–Crippen LogP) is 2.04. The van der Waals surface area contributed by atoms with Crippen molar-refractivity contribution in [3.8, 4) is 0 Å². The first-order valence-corrected chi connectivity index (χ1v) is 7.84. The van der Waals surface area contributed by atoms with E-state index >= 15 is 0 Å². The van der Waals surface area contributed by atoms with Crippen molar-refractivity contribution in [3.05, 3.63) is 0 Å². The number of fused-ring (bicyclic) bond motifs is 1. The molecule has 2 saturated heterocycles. The van der Waals surface area contributed by atoms with Gasteiger partial charge in [-0.3, -0.25) is 4.90 Å². The average molecular weight is 253 g/mol. The number of ether oxygens (including phenoxy) is 1. The van der Waals surface area contributed by atoms with Gasteiger partial charge in [0.15, 0.2) is 0 Å². The van der Waals surface area contributed by atoms with Crippen LogP contribution in [0.25, 0.3) is 0 Å². The summed E-state index contributed by atoms with van der Waals surface area (Å²) in [6.07, 6.45) is 9.21. The number of piperidine rings is 1. The van der Waals surface area contributed by atoms with Crippen LogP contribution in [0.5, 0.6) is 0 Å². The van der Waals surface area contributed by atoms with Gasteiger partial charge in [0.05, 0.1) is 12.7 Å². The predicted molar refractivity (Wildman–Crippen MR) is 71.5 cm³/mol. The van der Waals surface area contributed by atoms with Crippen LogP contribution in [0.3, 0.4) is 0 Å². The second-order valence-electron chi connectivity index (χ2n) is 6.44. The maximum atomic E-state index is 10.4. The van der Waals surface area contributed by atoms with E-state index in [0.29, 0.717) is 5.92 Å². The molecule has 3 nitrogen and oxygen atoms in total. The van der Waals surface area contributed by atoms with Gasteiger partial charge in [0.2, 0.25) is 0 Å². The summed E-state index contributed by atoms with van der Waals surface area (Å²) in [7, 11) is 0. The van der Waals surface area contributed by atoms with Crippen molar-refractivity contribution in [2.24, 2.45) is 11.8 Å². The van der Waals surface area contributed by atoms with Crippen LogP contribution < -0.4 is 0 Å². The number of rotatable bonds is 3. The zero-order valence-corrected chi connectivity index (χ0v) is 11.4. The van der Waals surface area contributed by atoms with E-state index in [0.717, 1.165) is 38.1 Å². The summed E-state index contributed by atoms with van der Waals surface area (Å²) in [6, 6.07) is 0.768. The monoisotopic (exact) mass is 253 g/mol. The van der Waals surface area contributed by atoms with Crippen LogP contribution in [0, 0.1) is 11.8 Å². The van der Waals surface area contributed by atoms with Gasteiger partial charge in [0.25, 0.3) is 0 Å². The quantitative estimate of drug-likeness (QED) is 0.835. The average Bonchev–Trinajstić information content (AvgIpc) is 2.93. The Balaban J connectivity index is 1.56. The molecule has 2 unspecified atom stereocenters. The fourth-order valence-electron chi connectivity index (χ4n) is 4.20. The normalized spacial score (nSPS) is 39.5. The molecule has 3 rings (SSSR count). The lowest BCUT2D eigenvalue weighted by molar-refractivity contribution is -0.000238. The van der Waals surface area contributed by atoms with Gasteiger partial charge in [0.1, 0.15) is 0 Å². The molecule has 1 aliphatic carbocycles. The Labute approximate surface area is 110 Å². The highest BCUT2D eigenvalue weighted by Gasteiger charge is 2.35. The number of likely N-dealkylation sites (tertiary alicyclic amines) is 1. The highest BCUT2D eigenvalue weighted by Crippen LogP contribution is 2.35. The van der Waals surface area contributed by atoms with Crippen LogP contribution in [0.15, 0.2) is 0 Å². The molecular weight excluding hydrogens is 226 g/mol. The number of hydrogen-bond acceptors (Lipinski definition) is 3. The highest BCUT2D eigenvalue weighted by molar-refractivity contribution is 4.89. The molecule has 0 aromatic heterocycles. The standard InChI is InChI=1S/C15H27NO2/c17-15(13-7-9-18-11-13)10-16-8-3-5-12-4-1-2-6-14(12)16/h12-15,17H,1-11H2/t12-,13?,14-,15?/m1/s1. The Morgan fingerprint density at radius 3 is 2.78 bits per heavy atom. The molecule has 0 aromatic rings. The summed E-state index contributed by atoms with van der Waals surface area (Å²) < 4.78 is 5.40. The van der Waals surface area contributed by atoms with E-state index in [1.165, 1.54) is 45.1 Å². The summed E-state index contributed by atoms with van der Waals surface area (Å²) in [5.74, 6) is 1.30. The Bertz CT molecular complexity index is 263. The zero-order valence-electron chi connectivity index (χ0n) is 11.4. The first kappa shape index (κ1) is 12.9. The molecule has 3 heteroatoms. The van der Waals surface area contributed by atoms with Gasteiger partial charge in [-0.05, 0) is 44.6 Å². The van der Waals surface area contributed by atoms with Crippen LogP contribution in [0.4, 0.5) is 0 Å². The Hall–Kier alpha value is -0.120. The van der Waals surface area contributed by atoms with Crippen molar-refractivity contribution in [1.82, 2.24) is 4.90 Å². The number of nitrogens with zero attached hydrogens (tertiary/aromatic N) is 1. The number of aliphatic hydroxyl groups is 1. The minimum atomic E-state index is -0.173. The number of β-amino-alcohol motifs (C(OH)–C–C–N with tert-alkyl or cyclic N) is 1. The van der Waals surface area contributed by atoms with Gasteiger partial charge in [-0.25, -0.2) is 0 Å². The van der Waals surface area contributed by atoms with Crippen molar-refractivity contribution in [2.75, 3.05) is 26.3 Å². The lowest BCUT2D eigenvalue weighted by Gasteiger charge is -2.45. The summed E-state index contributed by atoms with van der Waals surface area (Å²) >= 11 is 0. The molecule has 18 heavy (non-hydrogen) atoms. The SMILES string of the molecule is OC(CN1CCC[C@H]2CCCC[C@H]21)C1CCOC1. The minimum absolute atomic E-state index is 0.173. The molecule has 4 atom stereocenters. The van der Waals surface area contributed by atoms with Gasteiger partial charge in [-0.2, -0.15) is 0 Å². The molecule has 3 aliphatic rings. The molecule has 1 N–H and O–H groups in total. The van der Waals surface area contributed by atoms with E-state index in [1.54, 1.807) is 0 Å². The van der Waals surface area contributed by atoms with E-state index in [4.69, 9.17) is 4.74 Å². The van der Waals surface area contributed by atoms with E-state index in [1.807, 2.05) is 0 Å². The smallest absolute Gasteiger partial charge is 0.0718 e. The third-order valence-electron chi connectivity index (χ3n) is 5.29. The lowest BCUT2D eigenvalue weighted by Crippen LogP contribution is -2.50. The summed E-state index contributed by atoms with van der Waals surface area (Å²) in [4.78, 5) is 2.59. The van der Waals surface area contributed by atoms with E-state index in [2.05, 4.69) is 4.90 Å². The molecule has 2 aliphatic heterocycles. The molecule has 1 saturated carbocycles. The summed E-state index contributed by atoms with van der Waals surface area (Å²) in [5, 5.41) is 10.4. The Morgan fingerprint density at radius 1 is 1.11 bits per heavy atom. The molecule has 0 radical (unpaired) electrons.